The zero-order chi connectivity index (χ0) is 26.1. The van der Waals surface area contributed by atoms with Crippen LogP contribution in [-0.4, -0.2) is 95.4 Å². The first-order chi connectivity index (χ1) is 17.9. The van der Waals surface area contributed by atoms with Crippen LogP contribution in [0, 0.1) is 23.0 Å². The van der Waals surface area contributed by atoms with Gasteiger partial charge in [-0.25, -0.2) is 28.6 Å². The number of halogens is 2. The molecule has 3 amide bonds. The summed E-state index contributed by atoms with van der Waals surface area (Å²) in [5, 5.41) is 14.7. The van der Waals surface area contributed by atoms with Crippen LogP contribution in [0.1, 0.15) is 34.1 Å². The first-order valence-corrected chi connectivity index (χ1v) is 11.8. The molecule has 11 nitrogen and oxygen atoms in total. The second kappa shape index (κ2) is 10.1. The van der Waals surface area contributed by atoms with Crippen molar-refractivity contribution >= 4 is 24.1 Å². The van der Waals surface area contributed by atoms with E-state index in [0.717, 1.165) is 12.3 Å². The number of aromatic nitrogens is 2. The standard InChI is InChI=1S/C24H24F2N8O3/c1-37-18-13-33(14-18)22(35)21-19(26)12-28-23(30-21)31-4-6-32(7-5-31)24(36)34-20(2-3-29-34)16-8-15(11-27)9-17(25)10-16/h3,8-10,12,18,20H,2,4-7,13-14H2,1H3/t20-/m0/s1. The van der Waals surface area contributed by atoms with E-state index < -0.39 is 23.6 Å². The van der Waals surface area contributed by atoms with Gasteiger partial charge in [-0.05, 0) is 23.8 Å². The van der Waals surface area contributed by atoms with E-state index in [1.165, 1.54) is 16.0 Å². The zero-order valence-corrected chi connectivity index (χ0v) is 20.0. The lowest BCUT2D eigenvalue weighted by atomic mass is 10.0. The van der Waals surface area contributed by atoms with E-state index in [-0.39, 0.29) is 29.3 Å². The highest BCUT2D eigenvalue weighted by atomic mass is 19.1. The Balaban J connectivity index is 1.23. The van der Waals surface area contributed by atoms with Gasteiger partial charge in [0.1, 0.15) is 5.82 Å². The van der Waals surface area contributed by atoms with Gasteiger partial charge < -0.3 is 19.4 Å². The fourth-order valence-corrected chi connectivity index (χ4v) is 4.55. The molecule has 13 heteroatoms. The zero-order valence-electron chi connectivity index (χ0n) is 20.0. The predicted octanol–water partition coefficient (Wildman–Crippen LogP) is 1.77. The molecule has 3 aliphatic rings. The van der Waals surface area contributed by atoms with E-state index in [0.29, 0.717) is 51.3 Å². The quantitative estimate of drug-likeness (QED) is 0.615. The molecule has 0 unspecified atom stereocenters. The van der Waals surface area contributed by atoms with Crippen molar-refractivity contribution in [1.29, 1.82) is 5.26 Å². The predicted molar refractivity (Wildman–Crippen MR) is 127 cm³/mol. The number of amides is 3. The second-order valence-electron chi connectivity index (χ2n) is 8.97. The topological polar surface area (TPSA) is 118 Å². The third-order valence-corrected chi connectivity index (χ3v) is 6.70. The number of carbonyl (C=O) groups excluding carboxylic acids is 2. The molecule has 2 aromatic rings. The summed E-state index contributed by atoms with van der Waals surface area (Å²) in [5.74, 6) is -1.65. The third kappa shape index (κ3) is 4.79. The minimum atomic E-state index is -0.793. The number of hydrogen-bond acceptors (Lipinski definition) is 8. The van der Waals surface area contributed by atoms with Gasteiger partial charge in [-0.2, -0.15) is 10.4 Å². The lowest BCUT2D eigenvalue weighted by Gasteiger charge is -2.38. The number of hydrogen-bond donors (Lipinski definition) is 0. The van der Waals surface area contributed by atoms with E-state index in [4.69, 9.17) is 10.00 Å². The van der Waals surface area contributed by atoms with Crippen LogP contribution < -0.4 is 4.90 Å². The molecule has 5 rings (SSSR count). The lowest BCUT2D eigenvalue weighted by molar-refractivity contribution is -0.0197. The Morgan fingerprint density at radius 3 is 2.57 bits per heavy atom. The van der Waals surface area contributed by atoms with Gasteiger partial charge in [-0.15, -0.1) is 0 Å². The minimum Gasteiger partial charge on any atom is -0.378 e. The van der Waals surface area contributed by atoms with Crippen LogP contribution in [0.2, 0.25) is 0 Å². The summed E-state index contributed by atoms with van der Waals surface area (Å²) in [7, 11) is 1.56. The average Bonchev–Trinajstić information content (AvgIpc) is 3.38. The Morgan fingerprint density at radius 1 is 1.11 bits per heavy atom. The second-order valence-corrected chi connectivity index (χ2v) is 8.97. The van der Waals surface area contributed by atoms with Crippen molar-refractivity contribution < 1.29 is 23.1 Å². The van der Waals surface area contributed by atoms with E-state index in [9.17, 15) is 18.4 Å². The van der Waals surface area contributed by atoms with Gasteiger partial charge in [-0.3, -0.25) is 4.79 Å². The molecule has 2 fully saturated rings. The number of ether oxygens (including phenoxy) is 1. The van der Waals surface area contributed by atoms with Gasteiger partial charge in [0.15, 0.2) is 11.5 Å². The molecule has 0 N–H and O–H groups in total. The molecule has 0 saturated carbocycles. The summed E-state index contributed by atoms with van der Waals surface area (Å²) in [5.41, 5.74) is 0.379. The molecule has 1 aromatic carbocycles. The lowest BCUT2D eigenvalue weighted by Crippen LogP contribution is -2.55. The smallest absolute Gasteiger partial charge is 0.341 e. The van der Waals surface area contributed by atoms with Crippen LogP contribution in [0.5, 0.6) is 0 Å². The molecule has 0 aliphatic carbocycles. The maximum Gasteiger partial charge on any atom is 0.341 e. The highest BCUT2D eigenvalue weighted by Crippen LogP contribution is 2.31. The average molecular weight is 511 g/mol. The van der Waals surface area contributed by atoms with E-state index in [1.54, 1.807) is 29.2 Å². The van der Waals surface area contributed by atoms with E-state index >= 15 is 0 Å². The number of anilines is 1. The summed E-state index contributed by atoms with van der Waals surface area (Å²) in [6.07, 6.45) is 2.92. The SMILES string of the molecule is COC1CN(C(=O)c2nc(N3CCN(C(=O)N4N=CC[C@H]4c4cc(F)cc(C#N)c4)CC3)ncc2F)C1. The van der Waals surface area contributed by atoms with Crippen LogP contribution in [0.3, 0.4) is 0 Å². The maximum atomic E-state index is 14.3. The molecule has 192 valence electrons. The van der Waals surface area contributed by atoms with Gasteiger partial charge in [0.2, 0.25) is 5.95 Å². The molecule has 2 saturated heterocycles. The Morgan fingerprint density at radius 2 is 1.86 bits per heavy atom. The molecule has 3 aliphatic heterocycles. The van der Waals surface area contributed by atoms with Crippen LogP contribution in [0.4, 0.5) is 19.5 Å². The Kier molecular flexibility index (Phi) is 6.66. The summed E-state index contributed by atoms with van der Waals surface area (Å²) in [6, 6.07) is 5.07. The van der Waals surface area contributed by atoms with Gasteiger partial charge in [0, 0.05) is 59.0 Å². The van der Waals surface area contributed by atoms with Gasteiger partial charge >= 0.3 is 6.03 Å². The molecule has 4 heterocycles. The maximum absolute atomic E-state index is 14.3. The van der Waals surface area contributed by atoms with Crippen molar-refractivity contribution in [2.24, 2.45) is 5.10 Å². The van der Waals surface area contributed by atoms with Crippen LogP contribution in [0.15, 0.2) is 29.5 Å². The van der Waals surface area contributed by atoms with Crippen molar-refractivity contribution in [3.05, 3.63) is 52.9 Å². The van der Waals surface area contributed by atoms with Crippen LogP contribution in [0.25, 0.3) is 0 Å². The monoisotopic (exact) mass is 510 g/mol. The number of nitrogens with zero attached hydrogens (tertiary/aromatic N) is 8. The number of nitriles is 1. The Hall–Kier alpha value is -4.18. The number of benzene rings is 1. The minimum absolute atomic E-state index is 0.0622. The molecule has 0 bridgehead atoms. The Bertz CT molecular complexity index is 1290. The summed E-state index contributed by atoms with van der Waals surface area (Å²) >= 11 is 0. The van der Waals surface area contributed by atoms with E-state index in [2.05, 4.69) is 15.1 Å². The molecule has 0 spiro atoms. The summed E-state index contributed by atoms with van der Waals surface area (Å²) in [4.78, 5) is 39.0. The number of hydrazone groups is 1. The van der Waals surface area contributed by atoms with Gasteiger partial charge in [0.25, 0.3) is 5.91 Å². The van der Waals surface area contributed by atoms with Crippen molar-refractivity contribution in [2.75, 3.05) is 51.3 Å². The van der Waals surface area contributed by atoms with Crippen LogP contribution in [-0.2, 0) is 4.74 Å². The van der Waals surface area contributed by atoms with Crippen molar-refractivity contribution in [1.82, 2.24) is 24.8 Å². The highest BCUT2D eigenvalue weighted by molar-refractivity contribution is 5.93. The fourth-order valence-electron chi connectivity index (χ4n) is 4.55. The summed E-state index contributed by atoms with van der Waals surface area (Å²) < 4.78 is 33.5. The van der Waals surface area contributed by atoms with Crippen molar-refractivity contribution in [3.63, 3.8) is 0 Å². The highest BCUT2D eigenvalue weighted by Gasteiger charge is 2.35. The van der Waals surface area contributed by atoms with Crippen molar-refractivity contribution in [2.45, 2.75) is 18.6 Å². The number of rotatable bonds is 4. The third-order valence-electron chi connectivity index (χ3n) is 6.70. The molecule has 1 atom stereocenters. The van der Waals surface area contributed by atoms with Crippen molar-refractivity contribution in [3.8, 4) is 6.07 Å². The summed E-state index contributed by atoms with van der Waals surface area (Å²) in [6.45, 7) is 2.11. The first-order valence-electron chi connectivity index (χ1n) is 11.8. The number of urea groups is 1. The van der Waals surface area contributed by atoms with Gasteiger partial charge in [-0.1, -0.05) is 0 Å². The molecular formula is C24H24F2N8O3. The van der Waals surface area contributed by atoms with Gasteiger partial charge in [0.05, 0.1) is 30.0 Å². The van der Waals surface area contributed by atoms with Crippen LogP contribution >= 0.6 is 0 Å². The number of carbonyl (C=O) groups is 2. The molecule has 37 heavy (non-hydrogen) atoms. The Labute approximate surface area is 211 Å². The fraction of sp³-hybridized carbons (Fsp3) is 0.417. The molecular weight excluding hydrogens is 486 g/mol. The van der Waals surface area contributed by atoms with E-state index in [1.807, 2.05) is 6.07 Å². The normalized spacial score (nSPS) is 19.7. The number of likely N-dealkylation sites (tertiary alicyclic amines) is 1. The number of methoxy groups -OCH3 is 1. The molecule has 1 aromatic heterocycles. The largest absolute Gasteiger partial charge is 0.378 e. The number of piperazine rings is 1. The molecule has 0 radical (unpaired) electrons. The first kappa shape index (κ1) is 24.5.